The van der Waals surface area contributed by atoms with Crippen LogP contribution in [0.25, 0.3) is 0 Å². The first-order chi connectivity index (χ1) is 6.56. The van der Waals surface area contributed by atoms with Gasteiger partial charge in [0.05, 0.1) is 6.61 Å². The summed E-state index contributed by atoms with van der Waals surface area (Å²) < 4.78 is 5.05. The third kappa shape index (κ3) is 7.84. The SMILES string of the molecule is CCC/C(C)=C/C(=O)OCCC(C)C. The molecule has 0 fully saturated rings. The van der Waals surface area contributed by atoms with E-state index in [4.69, 9.17) is 4.74 Å². The van der Waals surface area contributed by atoms with Crippen LogP contribution < -0.4 is 0 Å². The molecule has 0 radical (unpaired) electrons. The van der Waals surface area contributed by atoms with Crippen molar-refractivity contribution in [2.24, 2.45) is 5.92 Å². The fourth-order valence-electron chi connectivity index (χ4n) is 1.10. The van der Waals surface area contributed by atoms with Gasteiger partial charge in [-0.3, -0.25) is 0 Å². The first-order valence-corrected chi connectivity index (χ1v) is 5.40. The van der Waals surface area contributed by atoms with Crippen LogP contribution in [0.2, 0.25) is 0 Å². The molecule has 0 atom stereocenters. The van der Waals surface area contributed by atoms with Gasteiger partial charge in [-0.25, -0.2) is 4.79 Å². The van der Waals surface area contributed by atoms with Gasteiger partial charge in [-0.15, -0.1) is 0 Å². The Morgan fingerprint density at radius 1 is 1.43 bits per heavy atom. The summed E-state index contributed by atoms with van der Waals surface area (Å²) in [5, 5.41) is 0. The summed E-state index contributed by atoms with van der Waals surface area (Å²) in [4.78, 5) is 11.2. The van der Waals surface area contributed by atoms with Crippen LogP contribution in [0.15, 0.2) is 11.6 Å². The van der Waals surface area contributed by atoms with Gasteiger partial charge >= 0.3 is 5.97 Å². The zero-order valence-electron chi connectivity index (χ0n) is 9.80. The van der Waals surface area contributed by atoms with Crippen LogP contribution in [0, 0.1) is 5.92 Å². The zero-order valence-corrected chi connectivity index (χ0v) is 9.80. The highest BCUT2D eigenvalue weighted by Gasteiger charge is 2.00. The summed E-state index contributed by atoms with van der Waals surface area (Å²) in [5.41, 5.74) is 1.10. The van der Waals surface area contributed by atoms with E-state index < -0.39 is 0 Å². The quantitative estimate of drug-likeness (QED) is 0.483. The van der Waals surface area contributed by atoms with Crippen LogP contribution in [-0.4, -0.2) is 12.6 Å². The summed E-state index contributed by atoms with van der Waals surface area (Å²) in [6.07, 6.45) is 4.58. The lowest BCUT2D eigenvalue weighted by molar-refractivity contribution is -0.138. The maximum atomic E-state index is 11.2. The van der Waals surface area contributed by atoms with E-state index in [-0.39, 0.29) is 5.97 Å². The lowest BCUT2D eigenvalue weighted by Gasteiger charge is -2.05. The van der Waals surface area contributed by atoms with Gasteiger partial charge in [0, 0.05) is 6.08 Å². The van der Waals surface area contributed by atoms with E-state index in [1.807, 2.05) is 6.92 Å². The molecule has 0 aromatic heterocycles. The van der Waals surface area contributed by atoms with E-state index in [0.717, 1.165) is 24.8 Å². The Balaban J connectivity index is 3.69. The molecule has 0 aromatic carbocycles. The predicted molar refractivity (Wildman–Crippen MR) is 59.1 cm³/mol. The molecule has 82 valence electrons. The maximum absolute atomic E-state index is 11.2. The average molecular weight is 198 g/mol. The first kappa shape index (κ1) is 13.2. The van der Waals surface area contributed by atoms with E-state index in [1.54, 1.807) is 6.08 Å². The van der Waals surface area contributed by atoms with Crippen molar-refractivity contribution < 1.29 is 9.53 Å². The van der Waals surface area contributed by atoms with Crippen LogP contribution in [-0.2, 0) is 9.53 Å². The molecule has 0 saturated carbocycles. The van der Waals surface area contributed by atoms with Crippen LogP contribution >= 0.6 is 0 Å². The van der Waals surface area contributed by atoms with Crippen LogP contribution in [0.3, 0.4) is 0 Å². The maximum Gasteiger partial charge on any atom is 0.330 e. The number of hydrogen-bond donors (Lipinski definition) is 0. The highest BCUT2D eigenvalue weighted by atomic mass is 16.5. The second-order valence-corrected chi connectivity index (χ2v) is 4.09. The van der Waals surface area contributed by atoms with Crippen molar-refractivity contribution in [3.05, 3.63) is 11.6 Å². The van der Waals surface area contributed by atoms with Crippen molar-refractivity contribution in [3.63, 3.8) is 0 Å². The van der Waals surface area contributed by atoms with Gasteiger partial charge in [-0.05, 0) is 25.7 Å². The minimum Gasteiger partial charge on any atom is -0.463 e. The molecule has 0 rings (SSSR count). The number of allylic oxidation sites excluding steroid dienone is 1. The fourth-order valence-corrected chi connectivity index (χ4v) is 1.10. The van der Waals surface area contributed by atoms with Gasteiger partial charge < -0.3 is 4.74 Å². The molecule has 0 aliphatic rings. The predicted octanol–water partition coefficient (Wildman–Crippen LogP) is 3.32. The van der Waals surface area contributed by atoms with E-state index in [1.165, 1.54) is 0 Å². The Hall–Kier alpha value is -0.790. The number of esters is 1. The first-order valence-electron chi connectivity index (χ1n) is 5.40. The highest BCUT2D eigenvalue weighted by molar-refractivity contribution is 5.82. The van der Waals surface area contributed by atoms with Crippen molar-refractivity contribution in [1.82, 2.24) is 0 Å². The number of ether oxygens (including phenoxy) is 1. The Morgan fingerprint density at radius 3 is 2.57 bits per heavy atom. The molecule has 2 heteroatoms. The summed E-state index contributed by atoms with van der Waals surface area (Å²) in [6, 6.07) is 0. The molecular formula is C12H22O2. The van der Waals surface area contributed by atoms with Gasteiger partial charge in [0.2, 0.25) is 0 Å². The van der Waals surface area contributed by atoms with Crippen molar-refractivity contribution in [2.45, 2.75) is 47.0 Å². The molecule has 0 saturated heterocycles. The molecular weight excluding hydrogens is 176 g/mol. The lowest BCUT2D eigenvalue weighted by atomic mass is 10.1. The summed E-state index contributed by atoms with van der Waals surface area (Å²) in [7, 11) is 0. The number of rotatable bonds is 6. The Bertz CT molecular complexity index is 192. The van der Waals surface area contributed by atoms with Gasteiger partial charge in [0.1, 0.15) is 0 Å². The monoisotopic (exact) mass is 198 g/mol. The third-order valence-corrected chi connectivity index (χ3v) is 1.95. The molecule has 14 heavy (non-hydrogen) atoms. The summed E-state index contributed by atoms with van der Waals surface area (Å²) in [6.45, 7) is 8.83. The van der Waals surface area contributed by atoms with Gasteiger partial charge in [-0.1, -0.05) is 32.8 Å². The number of hydrogen-bond acceptors (Lipinski definition) is 2. The van der Waals surface area contributed by atoms with E-state index >= 15 is 0 Å². The van der Waals surface area contributed by atoms with Crippen molar-refractivity contribution >= 4 is 5.97 Å². The van der Waals surface area contributed by atoms with Crippen molar-refractivity contribution in [3.8, 4) is 0 Å². The summed E-state index contributed by atoms with van der Waals surface area (Å²) in [5.74, 6) is 0.389. The largest absolute Gasteiger partial charge is 0.463 e. The third-order valence-electron chi connectivity index (χ3n) is 1.95. The smallest absolute Gasteiger partial charge is 0.330 e. The fraction of sp³-hybridized carbons (Fsp3) is 0.750. The minimum absolute atomic E-state index is 0.198. The average Bonchev–Trinajstić information content (AvgIpc) is 2.03. The molecule has 0 aliphatic carbocycles. The highest BCUT2D eigenvalue weighted by Crippen LogP contribution is 2.04. The lowest BCUT2D eigenvalue weighted by Crippen LogP contribution is -2.05. The second-order valence-electron chi connectivity index (χ2n) is 4.09. The Kier molecular flexibility index (Phi) is 7.17. The van der Waals surface area contributed by atoms with E-state index in [0.29, 0.717) is 12.5 Å². The van der Waals surface area contributed by atoms with Crippen molar-refractivity contribution in [2.75, 3.05) is 6.61 Å². The molecule has 0 aliphatic heterocycles. The number of carbonyl (C=O) groups excluding carboxylic acids is 1. The zero-order chi connectivity index (χ0) is 11.0. The molecule has 2 nitrogen and oxygen atoms in total. The standard InChI is InChI=1S/C12H22O2/c1-5-6-11(4)9-12(13)14-8-7-10(2)3/h9-10H,5-8H2,1-4H3/b11-9+. The van der Waals surface area contributed by atoms with Crippen LogP contribution in [0.4, 0.5) is 0 Å². The Labute approximate surface area is 87.3 Å². The van der Waals surface area contributed by atoms with Crippen LogP contribution in [0.1, 0.15) is 47.0 Å². The second kappa shape index (κ2) is 7.60. The molecule has 0 aromatic rings. The topological polar surface area (TPSA) is 26.3 Å². The van der Waals surface area contributed by atoms with Gasteiger partial charge in [0.25, 0.3) is 0 Å². The molecule has 0 N–H and O–H groups in total. The molecule has 0 spiro atoms. The Morgan fingerprint density at radius 2 is 2.07 bits per heavy atom. The van der Waals surface area contributed by atoms with Gasteiger partial charge in [-0.2, -0.15) is 0 Å². The normalized spacial score (nSPS) is 11.9. The molecule has 0 unspecified atom stereocenters. The van der Waals surface area contributed by atoms with E-state index in [9.17, 15) is 4.79 Å². The van der Waals surface area contributed by atoms with Crippen LogP contribution in [0.5, 0.6) is 0 Å². The molecule has 0 heterocycles. The molecule has 0 amide bonds. The summed E-state index contributed by atoms with van der Waals surface area (Å²) >= 11 is 0. The van der Waals surface area contributed by atoms with Crippen molar-refractivity contribution in [1.29, 1.82) is 0 Å². The number of carbonyl (C=O) groups is 1. The minimum atomic E-state index is -0.198. The van der Waals surface area contributed by atoms with E-state index in [2.05, 4.69) is 20.8 Å². The molecule has 0 bridgehead atoms. The van der Waals surface area contributed by atoms with Gasteiger partial charge in [0.15, 0.2) is 0 Å².